The first-order valence-corrected chi connectivity index (χ1v) is 10.5. The van der Waals surface area contributed by atoms with Gasteiger partial charge in [0.2, 0.25) is 0 Å². The van der Waals surface area contributed by atoms with Gasteiger partial charge in [0.05, 0.1) is 19.7 Å². The van der Waals surface area contributed by atoms with Gasteiger partial charge < -0.3 is 20.1 Å². The average molecular weight is 445 g/mol. The van der Waals surface area contributed by atoms with Gasteiger partial charge in [-0.3, -0.25) is 0 Å². The van der Waals surface area contributed by atoms with Gasteiger partial charge in [-0.05, 0) is 25.5 Å². The third-order valence-corrected chi connectivity index (χ3v) is 4.82. The molecule has 0 saturated heterocycles. The Labute approximate surface area is 178 Å². The van der Waals surface area contributed by atoms with E-state index in [0.717, 1.165) is 40.0 Å². The van der Waals surface area contributed by atoms with Crippen LogP contribution in [0.3, 0.4) is 0 Å². The van der Waals surface area contributed by atoms with Crippen LogP contribution in [0.5, 0.6) is 5.75 Å². The molecule has 1 heterocycles. The first kappa shape index (κ1) is 23.9. The summed E-state index contributed by atoms with van der Waals surface area (Å²) in [4.78, 5) is 8.16. The van der Waals surface area contributed by atoms with Crippen LogP contribution >= 0.6 is 11.3 Å². The van der Waals surface area contributed by atoms with Crippen LogP contribution in [0, 0.1) is 6.92 Å². The Hall–Kier alpha value is -2.33. The van der Waals surface area contributed by atoms with Crippen molar-refractivity contribution >= 4 is 17.3 Å². The number of aliphatic imine (C=N–C) groups is 1. The van der Waals surface area contributed by atoms with Crippen LogP contribution in [0.15, 0.2) is 28.6 Å². The molecule has 1 aromatic heterocycles. The summed E-state index contributed by atoms with van der Waals surface area (Å²) in [5.74, 6) is 1.26. The number of aryl methyl sites for hydroxylation is 1. The molecule has 2 aromatic rings. The molecule has 0 saturated carbocycles. The number of guanidine groups is 1. The molecule has 0 amide bonds. The van der Waals surface area contributed by atoms with Crippen LogP contribution in [-0.2, 0) is 24.0 Å². The lowest BCUT2D eigenvalue weighted by Crippen LogP contribution is -2.36. The van der Waals surface area contributed by atoms with E-state index >= 15 is 0 Å². The molecule has 0 unspecified atom stereocenters. The van der Waals surface area contributed by atoms with Crippen LogP contribution in [0.2, 0.25) is 0 Å². The summed E-state index contributed by atoms with van der Waals surface area (Å²) >= 11 is 0.961. The Morgan fingerprint density at radius 2 is 2.03 bits per heavy atom. The van der Waals surface area contributed by atoms with Crippen molar-refractivity contribution in [2.75, 3.05) is 26.9 Å². The van der Waals surface area contributed by atoms with E-state index in [0.29, 0.717) is 37.3 Å². The Morgan fingerprint density at radius 3 is 2.70 bits per heavy atom. The van der Waals surface area contributed by atoms with E-state index in [1.165, 1.54) is 0 Å². The molecule has 0 bridgehead atoms. The standard InChI is InChI=1S/C20H27F3N4O2S/c1-4-24-19(26-12-18-27-17(13-30-18)20(21,22)23)25-11-15-7-6-14(2)10-16(15)29-9-5-8-28-3/h6-7,10,13H,4-5,8-9,11-12H2,1-3H3,(H2,24,25,26). The van der Waals surface area contributed by atoms with Crippen molar-refractivity contribution in [3.8, 4) is 5.75 Å². The molecule has 30 heavy (non-hydrogen) atoms. The maximum Gasteiger partial charge on any atom is 0.434 e. The first-order valence-electron chi connectivity index (χ1n) is 9.58. The summed E-state index contributed by atoms with van der Waals surface area (Å²) in [7, 11) is 1.65. The predicted octanol–water partition coefficient (Wildman–Crippen LogP) is 4.14. The number of halogens is 3. The van der Waals surface area contributed by atoms with E-state index in [-0.39, 0.29) is 6.54 Å². The molecule has 0 atom stereocenters. The number of hydrogen-bond acceptors (Lipinski definition) is 5. The highest BCUT2D eigenvalue weighted by molar-refractivity contribution is 7.09. The lowest BCUT2D eigenvalue weighted by Gasteiger charge is -2.13. The molecule has 2 rings (SSSR count). The van der Waals surface area contributed by atoms with Crippen LogP contribution < -0.4 is 15.4 Å². The maximum absolute atomic E-state index is 12.7. The van der Waals surface area contributed by atoms with Gasteiger partial charge in [-0.1, -0.05) is 12.1 Å². The van der Waals surface area contributed by atoms with Gasteiger partial charge in [0.15, 0.2) is 11.7 Å². The van der Waals surface area contributed by atoms with E-state index in [2.05, 4.69) is 20.6 Å². The zero-order valence-electron chi connectivity index (χ0n) is 17.3. The van der Waals surface area contributed by atoms with Crippen molar-refractivity contribution in [3.05, 3.63) is 45.4 Å². The fraction of sp³-hybridized carbons (Fsp3) is 0.500. The third-order valence-electron chi connectivity index (χ3n) is 3.97. The van der Waals surface area contributed by atoms with Crippen LogP contribution in [-0.4, -0.2) is 37.8 Å². The first-order chi connectivity index (χ1) is 14.3. The van der Waals surface area contributed by atoms with Gasteiger partial charge >= 0.3 is 6.18 Å². The average Bonchev–Trinajstić information content (AvgIpc) is 3.18. The quantitative estimate of drug-likeness (QED) is 0.328. The second-order valence-electron chi connectivity index (χ2n) is 6.48. The number of thiazole rings is 1. The van der Waals surface area contributed by atoms with E-state index in [1.807, 2.05) is 32.0 Å². The highest BCUT2D eigenvalue weighted by Gasteiger charge is 2.33. The second kappa shape index (κ2) is 11.8. The van der Waals surface area contributed by atoms with E-state index in [9.17, 15) is 13.2 Å². The topological polar surface area (TPSA) is 67.8 Å². The van der Waals surface area contributed by atoms with Gasteiger partial charge in [0, 0.05) is 37.6 Å². The molecule has 0 aliphatic rings. The second-order valence-corrected chi connectivity index (χ2v) is 7.42. The SMILES string of the molecule is CCNC(=NCc1ccc(C)cc1OCCCOC)NCc1nc(C(F)(F)F)cs1. The summed E-state index contributed by atoms with van der Waals surface area (Å²) in [5, 5.41) is 7.46. The minimum atomic E-state index is -4.43. The molecule has 10 heteroatoms. The van der Waals surface area contributed by atoms with Gasteiger partial charge in [-0.15, -0.1) is 11.3 Å². The zero-order chi connectivity index (χ0) is 22.0. The molecule has 0 aliphatic heterocycles. The smallest absolute Gasteiger partial charge is 0.434 e. The number of aromatic nitrogens is 1. The molecule has 0 aliphatic carbocycles. The van der Waals surface area contributed by atoms with Crippen molar-refractivity contribution in [1.29, 1.82) is 0 Å². The Morgan fingerprint density at radius 1 is 1.23 bits per heavy atom. The van der Waals surface area contributed by atoms with Crippen molar-refractivity contribution in [2.24, 2.45) is 4.99 Å². The van der Waals surface area contributed by atoms with E-state index in [1.54, 1.807) is 7.11 Å². The third kappa shape index (κ3) is 7.83. The van der Waals surface area contributed by atoms with E-state index < -0.39 is 11.9 Å². The lowest BCUT2D eigenvalue weighted by molar-refractivity contribution is -0.140. The number of nitrogens with one attached hydrogen (secondary N) is 2. The Kier molecular flexibility index (Phi) is 9.38. The number of nitrogens with zero attached hydrogens (tertiary/aromatic N) is 2. The number of benzene rings is 1. The number of ether oxygens (including phenoxy) is 2. The molecule has 166 valence electrons. The Balaban J connectivity index is 2.02. The van der Waals surface area contributed by atoms with Gasteiger partial charge in [0.25, 0.3) is 0 Å². The summed E-state index contributed by atoms with van der Waals surface area (Å²) in [6.07, 6.45) is -3.65. The molecule has 1 aromatic carbocycles. The van der Waals surface area contributed by atoms with Crippen molar-refractivity contribution < 1.29 is 22.6 Å². The summed E-state index contributed by atoms with van der Waals surface area (Å²) in [6.45, 7) is 6.20. The number of alkyl halides is 3. The van der Waals surface area contributed by atoms with Gasteiger partial charge in [0.1, 0.15) is 10.8 Å². The highest BCUT2D eigenvalue weighted by atomic mass is 32.1. The fourth-order valence-corrected chi connectivity index (χ4v) is 3.24. The maximum atomic E-state index is 12.7. The Bertz CT molecular complexity index is 825. The van der Waals surface area contributed by atoms with Crippen LogP contribution in [0.4, 0.5) is 13.2 Å². The van der Waals surface area contributed by atoms with Crippen molar-refractivity contribution in [3.63, 3.8) is 0 Å². The van der Waals surface area contributed by atoms with Crippen LogP contribution in [0.25, 0.3) is 0 Å². The zero-order valence-corrected chi connectivity index (χ0v) is 18.1. The summed E-state index contributed by atoms with van der Waals surface area (Å²) in [5.41, 5.74) is 1.13. The van der Waals surface area contributed by atoms with Gasteiger partial charge in [-0.25, -0.2) is 9.98 Å². The molecule has 2 N–H and O–H groups in total. The molecule has 0 radical (unpaired) electrons. The number of hydrogen-bond donors (Lipinski definition) is 2. The summed E-state index contributed by atoms with van der Waals surface area (Å²) < 4.78 is 49.0. The van der Waals surface area contributed by atoms with Crippen molar-refractivity contribution in [2.45, 2.75) is 39.5 Å². The van der Waals surface area contributed by atoms with Crippen LogP contribution in [0.1, 0.15) is 35.2 Å². The lowest BCUT2D eigenvalue weighted by atomic mass is 10.1. The molecular weight excluding hydrogens is 417 g/mol. The number of methoxy groups -OCH3 is 1. The number of rotatable bonds is 10. The monoisotopic (exact) mass is 444 g/mol. The molecule has 0 spiro atoms. The molecular formula is C20H27F3N4O2S. The predicted molar refractivity (Wildman–Crippen MR) is 112 cm³/mol. The van der Waals surface area contributed by atoms with Crippen molar-refractivity contribution in [1.82, 2.24) is 15.6 Å². The summed E-state index contributed by atoms with van der Waals surface area (Å²) in [6, 6.07) is 5.91. The van der Waals surface area contributed by atoms with E-state index in [4.69, 9.17) is 9.47 Å². The minimum absolute atomic E-state index is 0.154. The minimum Gasteiger partial charge on any atom is -0.493 e. The normalized spacial score (nSPS) is 12.1. The molecule has 0 fully saturated rings. The van der Waals surface area contributed by atoms with Gasteiger partial charge in [-0.2, -0.15) is 13.2 Å². The highest BCUT2D eigenvalue weighted by Crippen LogP contribution is 2.30. The largest absolute Gasteiger partial charge is 0.493 e. The fourth-order valence-electron chi connectivity index (χ4n) is 2.50. The molecule has 6 nitrogen and oxygen atoms in total.